The first-order valence-electron chi connectivity index (χ1n) is 9.98. The molecule has 4 aromatic rings. The highest BCUT2D eigenvalue weighted by atomic mass is 15.0. The average molecular weight is 384 g/mol. The van der Waals surface area contributed by atoms with E-state index in [9.17, 15) is 0 Å². The summed E-state index contributed by atoms with van der Waals surface area (Å²) in [7, 11) is 0. The van der Waals surface area contributed by atoms with Crippen molar-refractivity contribution in [1.82, 2.24) is 19.9 Å². The summed E-state index contributed by atoms with van der Waals surface area (Å²) >= 11 is 0. The number of benzene rings is 2. The zero-order valence-corrected chi connectivity index (χ0v) is 16.1. The number of rotatable bonds is 6. The van der Waals surface area contributed by atoms with Gasteiger partial charge in [-0.15, -0.1) is 0 Å². The van der Waals surface area contributed by atoms with E-state index < -0.39 is 0 Å². The van der Waals surface area contributed by atoms with Crippen molar-refractivity contribution in [3.05, 3.63) is 72.6 Å². The lowest BCUT2D eigenvalue weighted by Gasteiger charge is -2.06. The van der Waals surface area contributed by atoms with Gasteiger partial charge in [-0.25, -0.2) is 9.97 Å². The van der Waals surface area contributed by atoms with Gasteiger partial charge < -0.3 is 21.4 Å². The zero-order valence-electron chi connectivity index (χ0n) is 16.1. The van der Waals surface area contributed by atoms with E-state index in [1.165, 1.54) is 12.8 Å². The molecule has 1 fully saturated rings. The lowest BCUT2D eigenvalue weighted by Crippen LogP contribution is -2.13. The quantitative estimate of drug-likeness (QED) is 0.403. The van der Waals surface area contributed by atoms with Crippen LogP contribution in [0.25, 0.3) is 33.6 Å². The molecule has 29 heavy (non-hydrogen) atoms. The van der Waals surface area contributed by atoms with Crippen molar-refractivity contribution in [1.29, 1.82) is 0 Å². The summed E-state index contributed by atoms with van der Waals surface area (Å²) < 4.78 is 0. The minimum atomic E-state index is 0.0250. The molecule has 1 saturated carbocycles. The summed E-state index contributed by atoms with van der Waals surface area (Å²) in [6.07, 6.45) is 6.25. The van der Waals surface area contributed by atoms with Gasteiger partial charge in [0.05, 0.1) is 24.0 Å². The van der Waals surface area contributed by atoms with E-state index in [0.717, 1.165) is 45.3 Å². The van der Waals surface area contributed by atoms with Crippen molar-refractivity contribution in [2.45, 2.75) is 25.4 Å². The smallest absolute Gasteiger partial charge is 0.124 e. The van der Waals surface area contributed by atoms with E-state index >= 15 is 0 Å². The fraction of sp³-hybridized carbons (Fsp3) is 0.217. The second-order valence-electron chi connectivity index (χ2n) is 7.63. The molecule has 5 rings (SSSR count). The fourth-order valence-corrected chi connectivity index (χ4v) is 3.61. The number of nitrogens with zero attached hydrogens (tertiary/aromatic N) is 2. The van der Waals surface area contributed by atoms with Crippen LogP contribution in [0.5, 0.6) is 0 Å². The lowest BCUT2D eigenvalue weighted by atomic mass is 10.0. The van der Waals surface area contributed by atoms with Gasteiger partial charge in [-0.1, -0.05) is 48.5 Å². The molecule has 2 aromatic carbocycles. The summed E-state index contributed by atoms with van der Waals surface area (Å²) in [6.45, 7) is 0.411. The van der Waals surface area contributed by atoms with Crippen LogP contribution in [0.1, 0.15) is 30.5 Å². The van der Waals surface area contributed by atoms with E-state index in [2.05, 4.69) is 63.5 Å². The molecule has 0 aliphatic heterocycles. The summed E-state index contributed by atoms with van der Waals surface area (Å²) in [5.41, 5.74) is 18.2. The standard InChI is InChI=1S/C23H24N6/c24-11-21-26-12-19(28-21)16-5-1-14(2-6-16)15-3-7-17(8-4-15)20-13-27-23(29-20)22(25)18-9-10-18/h1-8,12-13,18,22H,9-11,24-25H2,(H,26,28)(H,27,29). The van der Waals surface area contributed by atoms with E-state index in [4.69, 9.17) is 16.5 Å². The van der Waals surface area contributed by atoms with Crippen LogP contribution in [0.3, 0.4) is 0 Å². The molecule has 2 aromatic heterocycles. The number of nitrogens with one attached hydrogen (secondary N) is 2. The maximum atomic E-state index is 6.25. The minimum absolute atomic E-state index is 0.0250. The second-order valence-corrected chi connectivity index (χ2v) is 7.63. The van der Waals surface area contributed by atoms with Crippen LogP contribution in [0, 0.1) is 5.92 Å². The van der Waals surface area contributed by atoms with E-state index in [1.807, 2.05) is 12.4 Å². The molecule has 1 unspecified atom stereocenters. The third kappa shape index (κ3) is 3.60. The first-order chi connectivity index (χ1) is 14.2. The molecule has 6 nitrogen and oxygen atoms in total. The molecule has 2 heterocycles. The third-order valence-electron chi connectivity index (χ3n) is 5.56. The Labute approximate surface area is 169 Å². The first kappa shape index (κ1) is 17.8. The molecule has 0 radical (unpaired) electrons. The fourth-order valence-electron chi connectivity index (χ4n) is 3.61. The van der Waals surface area contributed by atoms with Crippen LogP contribution in [-0.2, 0) is 6.54 Å². The lowest BCUT2D eigenvalue weighted by molar-refractivity contribution is 0.600. The van der Waals surface area contributed by atoms with Crippen molar-refractivity contribution in [3.63, 3.8) is 0 Å². The molecule has 0 bridgehead atoms. The largest absolute Gasteiger partial charge is 0.347 e. The molecular formula is C23H24N6. The van der Waals surface area contributed by atoms with Gasteiger partial charge in [0.1, 0.15) is 11.6 Å². The number of imidazole rings is 2. The summed E-state index contributed by atoms with van der Waals surface area (Å²) in [6, 6.07) is 16.9. The highest BCUT2D eigenvalue weighted by Crippen LogP contribution is 2.38. The van der Waals surface area contributed by atoms with Gasteiger partial charge in [-0.2, -0.15) is 0 Å². The Morgan fingerprint density at radius 1 is 0.793 bits per heavy atom. The van der Waals surface area contributed by atoms with Crippen molar-refractivity contribution in [2.24, 2.45) is 17.4 Å². The molecule has 1 aliphatic rings. The summed E-state index contributed by atoms with van der Waals surface area (Å²) in [5.74, 6) is 2.26. The van der Waals surface area contributed by atoms with Crippen LogP contribution in [-0.4, -0.2) is 19.9 Å². The highest BCUT2D eigenvalue weighted by Gasteiger charge is 2.31. The van der Waals surface area contributed by atoms with Crippen LogP contribution in [0.2, 0.25) is 0 Å². The predicted octanol–water partition coefficient (Wildman–Crippen LogP) is 4.00. The van der Waals surface area contributed by atoms with Gasteiger partial charge >= 0.3 is 0 Å². The maximum Gasteiger partial charge on any atom is 0.124 e. The van der Waals surface area contributed by atoms with Gasteiger partial charge in [-0.05, 0) is 29.9 Å². The molecule has 6 N–H and O–H groups in total. The van der Waals surface area contributed by atoms with Crippen molar-refractivity contribution < 1.29 is 0 Å². The highest BCUT2D eigenvalue weighted by molar-refractivity contribution is 5.71. The maximum absolute atomic E-state index is 6.25. The second kappa shape index (κ2) is 7.31. The number of H-pyrrole nitrogens is 2. The third-order valence-corrected chi connectivity index (χ3v) is 5.56. The topological polar surface area (TPSA) is 109 Å². The van der Waals surface area contributed by atoms with E-state index in [-0.39, 0.29) is 6.04 Å². The average Bonchev–Trinajstić information content (AvgIpc) is 3.31. The molecule has 0 spiro atoms. The zero-order chi connectivity index (χ0) is 19.8. The Kier molecular flexibility index (Phi) is 4.50. The van der Waals surface area contributed by atoms with Gasteiger partial charge in [-0.3, -0.25) is 0 Å². The minimum Gasteiger partial charge on any atom is -0.347 e. The Hall–Kier alpha value is -3.22. The SMILES string of the molecule is NCc1nc(-c2ccc(-c3ccc(-c4c[nH]c(C(N)C5CC5)n4)cc3)cc2)c[nH]1. The summed E-state index contributed by atoms with van der Waals surface area (Å²) in [4.78, 5) is 15.5. The van der Waals surface area contributed by atoms with Gasteiger partial charge in [0.15, 0.2) is 0 Å². The normalized spacial score (nSPS) is 14.8. The number of aromatic nitrogens is 4. The van der Waals surface area contributed by atoms with Crippen molar-refractivity contribution in [2.75, 3.05) is 0 Å². The Balaban J connectivity index is 1.33. The van der Waals surface area contributed by atoms with Gasteiger partial charge in [0, 0.05) is 23.5 Å². The van der Waals surface area contributed by atoms with Crippen LogP contribution >= 0.6 is 0 Å². The molecular weight excluding hydrogens is 360 g/mol. The van der Waals surface area contributed by atoms with Gasteiger partial charge in [0.25, 0.3) is 0 Å². The van der Waals surface area contributed by atoms with E-state index in [1.54, 1.807) is 0 Å². The summed E-state index contributed by atoms with van der Waals surface area (Å²) in [5, 5.41) is 0. The first-order valence-corrected chi connectivity index (χ1v) is 9.98. The van der Waals surface area contributed by atoms with Crippen LogP contribution in [0.4, 0.5) is 0 Å². The molecule has 0 amide bonds. The molecule has 1 atom stereocenters. The number of aromatic amines is 2. The Morgan fingerprint density at radius 2 is 1.31 bits per heavy atom. The molecule has 1 aliphatic carbocycles. The number of nitrogens with two attached hydrogens (primary N) is 2. The molecule has 0 saturated heterocycles. The number of hydrogen-bond donors (Lipinski definition) is 4. The molecule has 146 valence electrons. The Morgan fingerprint density at radius 3 is 1.83 bits per heavy atom. The van der Waals surface area contributed by atoms with Gasteiger partial charge in [0.2, 0.25) is 0 Å². The van der Waals surface area contributed by atoms with E-state index in [0.29, 0.717) is 12.5 Å². The number of hydrogen-bond acceptors (Lipinski definition) is 4. The van der Waals surface area contributed by atoms with Crippen LogP contribution in [0.15, 0.2) is 60.9 Å². The Bertz CT molecular complexity index is 1100. The van der Waals surface area contributed by atoms with Crippen molar-refractivity contribution in [3.8, 4) is 33.6 Å². The molecule has 6 heteroatoms. The monoisotopic (exact) mass is 384 g/mol. The van der Waals surface area contributed by atoms with Crippen LogP contribution < -0.4 is 11.5 Å². The predicted molar refractivity (Wildman–Crippen MR) is 115 cm³/mol. The van der Waals surface area contributed by atoms with Crippen molar-refractivity contribution >= 4 is 0 Å².